The van der Waals surface area contributed by atoms with Crippen LogP contribution in [0.4, 0.5) is 0 Å². The summed E-state index contributed by atoms with van der Waals surface area (Å²) in [5.74, 6) is 0.791. The molecule has 1 aromatic carbocycles. The SMILES string of the molecule is CC(c1ccccc1)c1nccc(C#N)n1. The summed E-state index contributed by atoms with van der Waals surface area (Å²) < 4.78 is 0. The van der Waals surface area contributed by atoms with Crippen molar-refractivity contribution in [2.24, 2.45) is 0 Å². The van der Waals surface area contributed by atoms with E-state index in [1.165, 1.54) is 0 Å². The van der Waals surface area contributed by atoms with Crippen LogP contribution in [0.1, 0.15) is 29.9 Å². The van der Waals surface area contributed by atoms with Gasteiger partial charge in [-0.2, -0.15) is 5.26 Å². The Morgan fingerprint density at radius 1 is 1.19 bits per heavy atom. The molecular weight excluding hydrogens is 198 g/mol. The Kier molecular flexibility index (Phi) is 2.93. The molecule has 16 heavy (non-hydrogen) atoms. The minimum Gasteiger partial charge on any atom is -0.241 e. The fourth-order valence-electron chi connectivity index (χ4n) is 1.54. The van der Waals surface area contributed by atoms with Crippen molar-refractivity contribution in [3.05, 3.63) is 59.7 Å². The van der Waals surface area contributed by atoms with E-state index in [-0.39, 0.29) is 5.92 Å². The van der Waals surface area contributed by atoms with Crippen LogP contribution in [0, 0.1) is 11.3 Å². The smallest absolute Gasteiger partial charge is 0.144 e. The van der Waals surface area contributed by atoms with Gasteiger partial charge < -0.3 is 0 Å². The van der Waals surface area contributed by atoms with Gasteiger partial charge in [0.1, 0.15) is 17.6 Å². The minimum absolute atomic E-state index is 0.106. The molecule has 0 bridgehead atoms. The fraction of sp³-hybridized carbons (Fsp3) is 0.154. The van der Waals surface area contributed by atoms with Gasteiger partial charge in [0.25, 0.3) is 0 Å². The summed E-state index contributed by atoms with van der Waals surface area (Å²) in [6.07, 6.45) is 1.63. The summed E-state index contributed by atoms with van der Waals surface area (Å²) >= 11 is 0. The average molecular weight is 209 g/mol. The van der Waals surface area contributed by atoms with Gasteiger partial charge in [-0.25, -0.2) is 9.97 Å². The lowest BCUT2D eigenvalue weighted by molar-refractivity contribution is 0.811. The van der Waals surface area contributed by atoms with Crippen LogP contribution in [0.5, 0.6) is 0 Å². The van der Waals surface area contributed by atoms with Crippen LogP contribution in [-0.2, 0) is 0 Å². The molecule has 0 aliphatic carbocycles. The number of benzene rings is 1. The highest BCUT2D eigenvalue weighted by atomic mass is 14.9. The van der Waals surface area contributed by atoms with Crippen molar-refractivity contribution in [3.8, 4) is 6.07 Å². The predicted octanol–water partition coefficient (Wildman–Crippen LogP) is 2.50. The maximum absolute atomic E-state index is 8.77. The molecule has 1 unspecified atom stereocenters. The molecule has 0 spiro atoms. The first-order valence-corrected chi connectivity index (χ1v) is 5.09. The molecule has 1 atom stereocenters. The molecule has 3 nitrogen and oxygen atoms in total. The summed E-state index contributed by atoms with van der Waals surface area (Å²) in [4.78, 5) is 8.40. The van der Waals surface area contributed by atoms with Crippen LogP contribution in [0.2, 0.25) is 0 Å². The van der Waals surface area contributed by atoms with Gasteiger partial charge in [0, 0.05) is 12.1 Å². The largest absolute Gasteiger partial charge is 0.241 e. The lowest BCUT2D eigenvalue weighted by atomic mass is 10.0. The molecule has 78 valence electrons. The van der Waals surface area contributed by atoms with E-state index < -0.39 is 0 Å². The topological polar surface area (TPSA) is 49.6 Å². The zero-order valence-corrected chi connectivity index (χ0v) is 8.96. The molecule has 0 N–H and O–H groups in total. The number of nitriles is 1. The molecule has 1 heterocycles. The first-order valence-electron chi connectivity index (χ1n) is 5.09. The second kappa shape index (κ2) is 4.54. The van der Waals surface area contributed by atoms with Crippen LogP contribution < -0.4 is 0 Å². The van der Waals surface area contributed by atoms with E-state index in [9.17, 15) is 0 Å². The zero-order valence-electron chi connectivity index (χ0n) is 8.96. The lowest BCUT2D eigenvalue weighted by Crippen LogP contribution is -2.03. The Hall–Kier alpha value is -2.21. The van der Waals surface area contributed by atoms with Crippen LogP contribution >= 0.6 is 0 Å². The number of nitrogens with zero attached hydrogens (tertiary/aromatic N) is 3. The van der Waals surface area contributed by atoms with Crippen molar-refractivity contribution in [1.29, 1.82) is 5.26 Å². The van der Waals surface area contributed by atoms with Crippen LogP contribution in [0.25, 0.3) is 0 Å². The highest BCUT2D eigenvalue weighted by molar-refractivity contribution is 5.26. The van der Waals surface area contributed by atoms with Gasteiger partial charge in [0.15, 0.2) is 0 Å². The van der Waals surface area contributed by atoms with E-state index in [0.29, 0.717) is 11.5 Å². The fourth-order valence-corrected chi connectivity index (χ4v) is 1.54. The van der Waals surface area contributed by atoms with E-state index in [1.807, 2.05) is 43.3 Å². The predicted molar refractivity (Wildman–Crippen MR) is 60.7 cm³/mol. The summed E-state index contributed by atoms with van der Waals surface area (Å²) in [6.45, 7) is 2.03. The Labute approximate surface area is 94.4 Å². The highest BCUT2D eigenvalue weighted by Gasteiger charge is 2.11. The molecule has 0 fully saturated rings. The maximum Gasteiger partial charge on any atom is 0.144 e. The molecular formula is C13H11N3. The highest BCUT2D eigenvalue weighted by Crippen LogP contribution is 2.20. The molecule has 1 aromatic heterocycles. The Balaban J connectivity index is 2.35. The zero-order chi connectivity index (χ0) is 11.4. The van der Waals surface area contributed by atoms with Crippen LogP contribution in [0.15, 0.2) is 42.6 Å². The van der Waals surface area contributed by atoms with Gasteiger partial charge in [-0.15, -0.1) is 0 Å². The Morgan fingerprint density at radius 3 is 2.62 bits per heavy atom. The average Bonchev–Trinajstić information content (AvgIpc) is 2.39. The molecule has 3 heteroatoms. The molecule has 0 aliphatic rings. The Morgan fingerprint density at radius 2 is 1.94 bits per heavy atom. The second-order valence-electron chi connectivity index (χ2n) is 3.54. The number of aromatic nitrogens is 2. The molecule has 0 saturated carbocycles. The van der Waals surface area contributed by atoms with Gasteiger partial charge in [-0.1, -0.05) is 37.3 Å². The van der Waals surface area contributed by atoms with Crippen LogP contribution in [-0.4, -0.2) is 9.97 Å². The Bertz CT molecular complexity index is 514. The van der Waals surface area contributed by atoms with Crippen molar-refractivity contribution in [2.45, 2.75) is 12.8 Å². The van der Waals surface area contributed by atoms with E-state index in [2.05, 4.69) is 9.97 Å². The number of hydrogen-bond donors (Lipinski definition) is 0. The monoisotopic (exact) mass is 209 g/mol. The van der Waals surface area contributed by atoms with E-state index in [0.717, 1.165) is 5.56 Å². The molecule has 0 saturated heterocycles. The van der Waals surface area contributed by atoms with E-state index in [1.54, 1.807) is 12.3 Å². The van der Waals surface area contributed by atoms with Gasteiger partial charge in [0.05, 0.1) is 0 Å². The molecule has 0 amide bonds. The minimum atomic E-state index is 0.106. The quantitative estimate of drug-likeness (QED) is 0.763. The summed E-state index contributed by atoms with van der Waals surface area (Å²) in [5, 5.41) is 8.77. The van der Waals surface area contributed by atoms with Gasteiger partial charge in [0.2, 0.25) is 0 Å². The second-order valence-corrected chi connectivity index (χ2v) is 3.54. The van der Waals surface area contributed by atoms with Crippen LogP contribution in [0.3, 0.4) is 0 Å². The van der Waals surface area contributed by atoms with Crippen molar-refractivity contribution in [2.75, 3.05) is 0 Å². The normalized spacial score (nSPS) is 11.8. The standard InChI is InChI=1S/C13H11N3/c1-10(11-5-3-2-4-6-11)13-15-8-7-12(9-14)16-13/h2-8,10H,1H3. The van der Waals surface area contributed by atoms with Gasteiger partial charge in [-0.3, -0.25) is 0 Å². The van der Waals surface area contributed by atoms with E-state index >= 15 is 0 Å². The third kappa shape index (κ3) is 2.06. The van der Waals surface area contributed by atoms with E-state index in [4.69, 9.17) is 5.26 Å². The van der Waals surface area contributed by atoms with Crippen molar-refractivity contribution in [1.82, 2.24) is 9.97 Å². The lowest BCUT2D eigenvalue weighted by Gasteiger charge is -2.09. The third-order valence-corrected chi connectivity index (χ3v) is 2.48. The van der Waals surface area contributed by atoms with Crippen molar-refractivity contribution in [3.63, 3.8) is 0 Å². The summed E-state index contributed by atoms with van der Waals surface area (Å²) in [6, 6.07) is 13.7. The maximum atomic E-state index is 8.77. The molecule has 0 radical (unpaired) electrons. The molecule has 0 aliphatic heterocycles. The van der Waals surface area contributed by atoms with Gasteiger partial charge >= 0.3 is 0 Å². The van der Waals surface area contributed by atoms with Crippen molar-refractivity contribution < 1.29 is 0 Å². The molecule has 2 aromatic rings. The number of rotatable bonds is 2. The number of hydrogen-bond acceptors (Lipinski definition) is 3. The summed E-state index contributed by atoms with van der Waals surface area (Å²) in [5.41, 5.74) is 1.56. The first-order chi connectivity index (χ1) is 7.81. The molecule has 2 rings (SSSR count). The first kappa shape index (κ1) is 10.3. The van der Waals surface area contributed by atoms with Gasteiger partial charge in [-0.05, 0) is 11.6 Å². The van der Waals surface area contributed by atoms with Crippen molar-refractivity contribution >= 4 is 0 Å². The summed E-state index contributed by atoms with van der Waals surface area (Å²) in [7, 11) is 0. The third-order valence-electron chi connectivity index (χ3n) is 2.48.